The van der Waals surface area contributed by atoms with Gasteiger partial charge in [0.1, 0.15) is 0 Å². The Morgan fingerprint density at radius 1 is 1.30 bits per heavy atom. The van der Waals surface area contributed by atoms with Crippen LogP contribution >= 0.6 is 0 Å². The fourth-order valence-electron chi connectivity index (χ4n) is 2.97. The summed E-state index contributed by atoms with van der Waals surface area (Å²) in [5.41, 5.74) is -0.292. The molecule has 112 valence electrons. The van der Waals surface area contributed by atoms with Crippen molar-refractivity contribution in [3.63, 3.8) is 0 Å². The van der Waals surface area contributed by atoms with E-state index in [1.807, 2.05) is 13.0 Å². The number of urea groups is 1. The number of nitrogens with one attached hydrogen (secondary N) is 2. The molecule has 6 heteroatoms. The van der Waals surface area contributed by atoms with Crippen molar-refractivity contribution in [1.29, 1.82) is 0 Å². The van der Waals surface area contributed by atoms with Crippen LogP contribution in [0.4, 0.5) is 4.79 Å². The molecule has 0 spiro atoms. The molecule has 6 nitrogen and oxygen atoms in total. The number of nitrogens with zero attached hydrogens (tertiary/aromatic N) is 2. The van der Waals surface area contributed by atoms with Crippen molar-refractivity contribution in [3.8, 4) is 0 Å². The molecule has 2 rings (SSSR count). The first-order valence-electron chi connectivity index (χ1n) is 7.19. The number of carbonyl (C=O) groups excluding carboxylic acids is 2. The standard InChI is InChI=1S/C14H24N4O2/c1-4-14(3,17-9-6-15-7-10-17)11(2)18-8-5-12(19)16-13(18)20/h4,11,15H,1,5-10H2,2-3H3,(H,16,19,20)/t11-,14?/m0/s1. The Bertz CT molecular complexity index is 406. The average molecular weight is 280 g/mol. The second kappa shape index (κ2) is 5.93. The summed E-state index contributed by atoms with van der Waals surface area (Å²) in [5.74, 6) is -0.194. The van der Waals surface area contributed by atoms with Gasteiger partial charge in [-0.15, -0.1) is 6.58 Å². The summed E-state index contributed by atoms with van der Waals surface area (Å²) in [7, 11) is 0. The highest BCUT2D eigenvalue weighted by Crippen LogP contribution is 2.26. The third-order valence-corrected chi connectivity index (χ3v) is 4.61. The van der Waals surface area contributed by atoms with Crippen LogP contribution in [0, 0.1) is 0 Å². The van der Waals surface area contributed by atoms with Crippen molar-refractivity contribution in [2.45, 2.75) is 31.8 Å². The molecule has 2 saturated heterocycles. The Morgan fingerprint density at radius 2 is 1.95 bits per heavy atom. The van der Waals surface area contributed by atoms with Gasteiger partial charge < -0.3 is 10.2 Å². The van der Waals surface area contributed by atoms with Crippen LogP contribution in [0.3, 0.4) is 0 Å². The highest BCUT2D eigenvalue weighted by molar-refractivity contribution is 5.96. The number of rotatable bonds is 4. The van der Waals surface area contributed by atoms with Gasteiger partial charge in [-0.25, -0.2) is 4.79 Å². The Labute approximate surface area is 120 Å². The average Bonchev–Trinajstić information content (AvgIpc) is 2.46. The molecule has 0 aromatic carbocycles. The van der Waals surface area contributed by atoms with E-state index >= 15 is 0 Å². The van der Waals surface area contributed by atoms with Gasteiger partial charge in [-0.3, -0.25) is 15.0 Å². The lowest BCUT2D eigenvalue weighted by atomic mass is 9.89. The van der Waals surface area contributed by atoms with E-state index in [4.69, 9.17) is 0 Å². The SMILES string of the molecule is C=CC(C)([C@H](C)N1CCC(=O)NC1=O)N1CCNCC1. The molecule has 0 aromatic rings. The Kier molecular flexibility index (Phi) is 4.45. The van der Waals surface area contributed by atoms with Crippen molar-refractivity contribution in [2.24, 2.45) is 0 Å². The molecule has 0 saturated carbocycles. The molecule has 2 fully saturated rings. The van der Waals surface area contributed by atoms with Crippen molar-refractivity contribution >= 4 is 11.9 Å². The molecule has 0 radical (unpaired) electrons. The second-order valence-electron chi connectivity index (χ2n) is 5.64. The second-order valence-corrected chi connectivity index (χ2v) is 5.64. The normalized spacial score (nSPS) is 25.8. The highest BCUT2D eigenvalue weighted by atomic mass is 16.2. The molecule has 20 heavy (non-hydrogen) atoms. The largest absolute Gasteiger partial charge is 0.324 e. The van der Waals surface area contributed by atoms with Gasteiger partial charge in [-0.1, -0.05) is 6.08 Å². The number of carbonyl (C=O) groups is 2. The molecule has 3 amide bonds. The summed E-state index contributed by atoms with van der Waals surface area (Å²) in [6.07, 6.45) is 2.29. The molecule has 2 heterocycles. The zero-order valence-electron chi connectivity index (χ0n) is 12.3. The zero-order chi connectivity index (χ0) is 14.8. The fraction of sp³-hybridized carbons (Fsp3) is 0.714. The van der Waals surface area contributed by atoms with Crippen LogP contribution in [0.1, 0.15) is 20.3 Å². The van der Waals surface area contributed by atoms with E-state index in [0.717, 1.165) is 26.2 Å². The molecule has 0 aliphatic carbocycles. The molecule has 2 atom stereocenters. The monoisotopic (exact) mass is 280 g/mol. The molecule has 2 aliphatic rings. The predicted molar refractivity (Wildman–Crippen MR) is 77.4 cm³/mol. The van der Waals surface area contributed by atoms with Crippen molar-refractivity contribution < 1.29 is 9.59 Å². The van der Waals surface area contributed by atoms with Gasteiger partial charge in [0.15, 0.2) is 0 Å². The van der Waals surface area contributed by atoms with Gasteiger partial charge >= 0.3 is 6.03 Å². The van der Waals surface area contributed by atoms with Crippen LogP contribution < -0.4 is 10.6 Å². The minimum atomic E-state index is -0.294. The van der Waals surface area contributed by atoms with E-state index in [9.17, 15) is 9.59 Å². The summed E-state index contributed by atoms with van der Waals surface area (Å²) < 4.78 is 0. The van der Waals surface area contributed by atoms with Crippen LogP contribution in [0.25, 0.3) is 0 Å². The van der Waals surface area contributed by atoms with Gasteiger partial charge in [0.25, 0.3) is 0 Å². The molecule has 0 aromatic heterocycles. The quantitative estimate of drug-likeness (QED) is 0.720. The van der Waals surface area contributed by atoms with E-state index in [0.29, 0.717) is 13.0 Å². The number of amides is 3. The van der Waals surface area contributed by atoms with Crippen molar-refractivity contribution in [1.82, 2.24) is 20.4 Å². The lowest BCUT2D eigenvalue weighted by Crippen LogP contribution is -2.65. The van der Waals surface area contributed by atoms with Crippen molar-refractivity contribution in [2.75, 3.05) is 32.7 Å². The van der Waals surface area contributed by atoms with Gasteiger partial charge in [-0.2, -0.15) is 0 Å². The first-order valence-corrected chi connectivity index (χ1v) is 7.19. The van der Waals surface area contributed by atoms with E-state index in [1.54, 1.807) is 4.90 Å². The van der Waals surface area contributed by atoms with Crippen LogP contribution in [-0.4, -0.2) is 66.0 Å². The molecule has 2 aliphatic heterocycles. The molecule has 0 bridgehead atoms. The van der Waals surface area contributed by atoms with E-state index in [1.165, 1.54) is 0 Å². The van der Waals surface area contributed by atoms with Crippen LogP contribution in [0.15, 0.2) is 12.7 Å². The minimum absolute atomic E-state index is 0.0359. The third-order valence-electron chi connectivity index (χ3n) is 4.61. The number of piperazine rings is 1. The number of hydrogen-bond donors (Lipinski definition) is 2. The van der Waals surface area contributed by atoms with Gasteiger partial charge in [0.05, 0.1) is 11.6 Å². The molecular weight excluding hydrogens is 256 g/mol. The zero-order valence-corrected chi connectivity index (χ0v) is 12.3. The topological polar surface area (TPSA) is 64.7 Å². The van der Waals surface area contributed by atoms with E-state index in [2.05, 4.69) is 29.0 Å². The van der Waals surface area contributed by atoms with Gasteiger partial charge in [0, 0.05) is 39.1 Å². The first kappa shape index (κ1) is 15.0. The van der Waals surface area contributed by atoms with Gasteiger partial charge in [0.2, 0.25) is 5.91 Å². The minimum Gasteiger partial charge on any atom is -0.319 e. The third kappa shape index (κ3) is 2.71. The maximum atomic E-state index is 12.0. The smallest absolute Gasteiger partial charge is 0.319 e. The number of imide groups is 1. The molecular formula is C14H24N4O2. The van der Waals surface area contributed by atoms with Crippen molar-refractivity contribution in [3.05, 3.63) is 12.7 Å². The Hall–Kier alpha value is -1.40. The van der Waals surface area contributed by atoms with E-state index in [-0.39, 0.29) is 23.5 Å². The summed E-state index contributed by atoms with van der Waals surface area (Å²) in [6.45, 7) is 12.3. The fourth-order valence-corrected chi connectivity index (χ4v) is 2.97. The first-order chi connectivity index (χ1) is 9.49. The Morgan fingerprint density at radius 3 is 2.50 bits per heavy atom. The predicted octanol–water partition coefficient (Wildman–Crippen LogP) is 0.167. The Balaban J connectivity index is 2.14. The summed E-state index contributed by atoms with van der Waals surface area (Å²) >= 11 is 0. The maximum Gasteiger partial charge on any atom is 0.324 e. The highest BCUT2D eigenvalue weighted by Gasteiger charge is 2.41. The van der Waals surface area contributed by atoms with Gasteiger partial charge in [-0.05, 0) is 13.8 Å². The van der Waals surface area contributed by atoms with E-state index < -0.39 is 0 Å². The van der Waals surface area contributed by atoms with Crippen LogP contribution in [-0.2, 0) is 4.79 Å². The number of hydrogen-bond acceptors (Lipinski definition) is 4. The maximum absolute atomic E-state index is 12.0. The molecule has 1 unspecified atom stereocenters. The van der Waals surface area contributed by atoms with Crippen LogP contribution in [0.2, 0.25) is 0 Å². The lowest BCUT2D eigenvalue weighted by Gasteiger charge is -2.49. The van der Waals surface area contributed by atoms with Crippen LogP contribution in [0.5, 0.6) is 0 Å². The summed E-state index contributed by atoms with van der Waals surface area (Å²) in [5, 5.41) is 5.72. The molecule has 2 N–H and O–H groups in total. The lowest BCUT2D eigenvalue weighted by molar-refractivity contribution is -0.122. The summed E-state index contributed by atoms with van der Waals surface area (Å²) in [4.78, 5) is 27.4. The summed E-state index contributed by atoms with van der Waals surface area (Å²) in [6, 6.07) is -0.330.